The fraction of sp³-hybridized carbons (Fsp3) is 0.167. The van der Waals surface area contributed by atoms with Crippen molar-refractivity contribution in [1.29, 1.82) is 0 Å². The monoisotopic (exact) mass is 327 g/mol. The van der Waals surface area contributed by atoms with E-state index in [2.05, 4.69) is 20.3 Å². The van der Waals surface area contributed by atoms with Gasteiger partial charge in [-0.25, -0.2) is 15.0 Å². The largest absolute Gasteiger partial charge is 0.432 e. The summed E-state index contributed by atoms with van der Waals surface area (Å²) in [6.45, 7) is 0. The van der Waals surface area contributed by atoms with Crippen LogP contribution in [-0.2, 0) is 17.4 Å². The molecule has 1 N–H and O–H groups in total. The summed E-state index contributed by atoms with van der Waals surface area (Å²) >= 11 is 0.863. The van der Waals surface area contributed by atoms with Crippen LogP contribution in [0, 0.1) is 0 Å². The minimum Gasteiger partial charge on any atom is -0.308 e. The van der Waals surface area contributed by atoms with Gasteiger partial charge in [0, 0.05) is 17.8 Å². The number of amides is 1. The summed E-state index contributed by atoms with van der Waals surface area (Å²) < 4.78 is 39.2. The van der Waals surface area contributed by atoms with Crippen LogP contribution in [0.4, 0.5) is 19.0 Å². The Morgan fingerprint density at radius 2 is 2.05 bits per heavy atom. The summed E-state index contributed by atoms with van der Waals surface area (Å²) in [5.41, 5.74) is -0.227. The lowest BCUT2D eigenvalue weighted by molar-refractivity contribution is -0.141. The van der Waals surface area contributed by atoms with Crippen molar-refractivity contribution in [2.24, 2.45) is 0 Å². The smallest absolute Gasteiger partial charge is 0.308 e. The molecule has 0 aliphatic heterocycles. The fourth-order valence-electron chi connectivity index (χ4n) is 1.86. The van der Waals surface area contributed by atoms with Crippen LogP contribution in [0.25, 0.3) is 4.83 Å². The summed E-state index contributed by atoms with van der Waals surface area (Å²) in [5.74, 6) is -0.306. The van der Waals surface area contributed by atoms with Crippen molar-refractivity contribution >= 4 is 27.9 Å². The molecule has 3 aromatic heterocycles. The molecule has 0 bridgehead atoms. The van der Waals surface area contributed by atoms with E-state index in [1.54, 1.807) is 0 Å². The predicted octanol–water partition coefficient (Wildman–Crippen LogP) is 2.39. The maximum absolute atomic E-state index is 12.8. The van der Waals surface area contributed by atoms with Crippen molar-refractivity contribution in [3.63, 3.8) is 0 Å². The Morgan fingerprint density at radius 3 is 2.73 bits per heavy atom. The third-order valence-electron chi connectivity index (χ3n) is 2.79. The van der Waals surface area contributed by atoms with Gasteiger partial charge in [0.15, 0.2) is 5.82 Å². The number of hydrogen-bond acceptors (Lipinski definition) is 5. The number of imidazole rings is 1. The molecule has 3 heterocycles. The molecule has 0 aliphatic carbocycles. The normalized spacial score (nSPS) is 11.8. The first kappa shape index (κ1) is 14.4. The van der Waals surface area contributed by atoms with E-state index in [1.165, 1.54) is 18.7 Å². The van der Waals surface area contributed by atoms with Gasteiger partial charge in [-0.3, -0.25) is 9.20 Å². The van der Waals surface area contributed by atoms with Gasteiger partial charge in [0.05, 0.1) is 6.42 Å². The molecular formula is C12H8F3N5OS. The number of aromatic nitrogens is 4. The third kappa shape index (κ3) is 2.77. The van der Waals surface area contributed by atoms with Crippen LogP contribution in [0.15, 0.2) is 30.4 Å². The van der Waals surface area contributed by atoms with Gasteiger partial charge in [0.2, 0.25) is 5.91 Å². The molecule has 10 heteroatoms. The molecule has 0 atom stereocenters. The molecule has 0 aliphatic rings. The van der Waals surface area contributed by atoms with E-state index >= 15 is 0 Å². The molecular weight excluding hydrogens is 319 g/mol. The van der Waals surface area contributed by atoms with E-state index in [0.717, 1.165) is 27.4 Å². The second kappa shape index (κ2) is 5.37. The number of nitrogens with zero attached hydrogens (tertiary/aromatic N) is 4. The van der Waals surface area contributed by atoms with E-state index < -0.39 is 17.8 Å². The van der Waals surface area contributed by atoms with Crippen LogP contribution < -0.4 is 5.32 Å². The van der Waals surface area contributed by atoms with Crippen LogP contribution in [0.5, 0.6) is 0 Å². The average Bonchev–Trinajstić information content (AvgIpc) is 3.02. The average molecular weight is 327 g/mol. The number of thiazole rings is 1. The van der Waals surface area contributed by atoms with Crippen LogP contribution in [0.3, 0.4) is 0 Å². The molecule has 1 amide bonds. The first-order chi connectivity index (χ1) is 10.4. The molecule has 0 fully saturated rings. The highest BCUT2D eigenvalue weighted by molar-refractivity contribution is 7.16. The molecule has 3 rings (SSSR count). The lowest BCUT2D eigenvalue weighted by atomic mass is 10.2. The first-order valence-corrected chi connectivity index (χ1v) is 6.88. The number of halogens is 3. The Labute approximate surface area is 125 Å². The molecule has 22 heavy (non-hydrogen) atoms. The van der Waals surface area contributed by atoms with Crippen molar-refractivity contribution in [2.75, 3.05) is 5.32 Å². The molecule has 0 spiro atoms. The van der Waals surface area contributed by atoms with Crippen molar-refractivity contribution in [3.05, 3.63) is 41.7 Å². The number of alkyl halides is 3. The van der Waals surface area contributed by atoms with Crippen LogP contribution in [-0.4, -0.2) is 25.3 Å². The topological polar surface area (TPSA) is 72.2 Å². The molecule has 0 saturated carbocycles. The standard InChI is InChI=1S/C12H8F3N5OS/c13-12(14,15)8-4-22-11-10(18-6-20(8)11)19-9(21)1-7-2-16-5-17-3-7/h2-6H,1H2,(H,19,21). The maximum Gasteiger partial charge on any atom is 0.432 e. The second-order valence-electron chi connectivity index (χ2n) is 4.36. The number of nitrogens with one attached hydrogen (secondary N) is 1. The third-order valence-corrected chi connectivity index (χ3v) is 3.75. The summed E-state index contributed by atoms with van der Waals surface area (Å²) in [6.07, 6.45) is 0.893. The van der Waals surface area contributed by atoms with Crippen molar-refractivity contribution < 1.29 is 18.0 Å². The molecule has 0 aromatic carbocycles. The van der Waals surface area contributed by atoms with E-state index in [0.29, 0.717) is 5.56 Å². The Kier molecular flexibility index (Phi) is 3.53. The van der Waals surface area contributed by atoms with Crippen LogP contribution in [0.1, 0.15) is 11.3 Å². The Morgan fingerprint density at radius 1 is 1.32 bits per heavy atom. The SMILES string of the molecule is O=C(Cc1cncnc1)Nc1ncn2c(C(F)(F)F)csc12. The van der Waals surface area contributed by atoms with Gasteiger partial charge in [-0.1, -0.05) is 0 Å². The predicted molar refractivity (Wildman–Crippen MR) is 72.4 cm³/mol. The zero-order chi connectivity index (χ0) is 15.7. The van der Waals surface area contributed by atoms with Gasteiger partial charge < -0.3 is 5.32 Å². The van der Waals surface area contributed by atoms with Gasteiger partial charge in [0.1, 0.15) is 23.2 Å². The molecule has 0 saturated heterocycles. The Balaban J connectivity index is 1.80. The fourth-order valence-corrected chi connectivity index (χ4v) is 2.81. The molecule has 3 aromatic rings. The maximum atomic E-state index is 12.8. The number of carbonyl (C=O) groups is 1. The molecule has 6 nitrogen and oxygen atoms in total. The Bertz CT molecular complexity index is 811. The highest BCUT2D eigenvalue weighted by Gasteiger charge is 2.35. The lowest BCUT2D eigenvalue weighted by Gasteiger charge is -2.03. The van der Waals surface area contributed by atoms with Gasteiger partial charge in [-0.15, -0.1) is 11.3 Å². The first-order valence-electron chi connectivity index (χ1n) is 6.00. The van der Waals surface area contributed by atoms with Crippen molar-refractivity contribution in [3.8, 4) is 0 Å². The van der Waals surface area contributed by atoms with E-state index in [1.807, 2.05) is 0 Å². The minimum atomic E-state index is -4.47. The summed E-state index contributed by atoms with van der Waals surface area (Å²) in [4.78, 5) is 23.5. The molecule has 0 radical (unpaired) electrons. The molecule has 114 valence electrons. The van der Waals surface area contributed by atoms with Gasteiger partial charge >= 0.3 is 6.18 Å². The molecule has 0 unspecified atom stereocenters. The second-order valence-corrected chi connectivity index (χ2v) is 5.22. The number of fused-ring (bicyclic) bond motifs is 1. The zero-order valence-corrected chi connectivity index (χ0v) is 11.6. The summed E-state index contributed by atoms with van der Waals surface area (Å²) in [6, 6.07) is 0. The van der Waals surface area contributed by atoms with Gasteiger partial charge in [-0.2, -0.15) is 13.2 Å². The zero-order valence-electron chi connectivity index (χ0n) is 10.8. The van der Waals surface area contributed by atoms with Gasteiger partial charge in [-0.05, 0) is 5.56 Å². The number of carbonyl (C=O) groups excluding carboxylic acids is 1. The van der Waals surface area contributed by atoms with Crippen molar-refractivity contribution in [2.45, 2.75) is 12.6 Å². The van der Waals surface area contributed by atoms with E-state index in [9.17, 15) is 18.0 Å². The van der Waals surface area contributed by atoms with Crippen LogP contribution in [0.2, 0.25) is 0 Å². The number of hydrogen-bond donors (Lipinski definition) is 1. The quantitative estimate of drug-likeness (QED) is 0.802. The van der Waals surface area contributed by atoms with Crippen LogP contribution >= 0.6 is 11.3 Å². The van der Waals surface area contributed by atoms with Crippen molar-refractivity contribution in [1.82, 2.24) is 19.4 Å². The summed E-state index contributed by atoms with van der Waals surface area (Å²) in [5, 5.41) is 3.48. The lowest BCUT2D eigenvalue weighted by Crippen LogP contribution is -2.15. The Hall–Kier alpha value is -2.49. The highest BCUT2D eigenvalue weighted by Crippen LogP contribution is 2.34. The van der Waals surface area contributed by atoms with E-state index in [-0.39, 0.29) is 17.1 Å². The summed E-state index contributed by atoms with van der Waals surface area (Å²) in [7, 11) is 0. The van der Waals surface area contributed by atoms with Gasteiger partial charge in [0.25, 0.3) is 0 Å². The van der Waals surface area contributed by atoms with E-state index in [4.69, 9.17) is 0 Å². The minimum absolute atomic E-state index is 0.0113. The highest BCUT2D eigenvalue weighted by atomic mass is 32.1. The number of rotatable bonds is 3. The number of anilines is 1.